The van der Waals surface area contributed by atoms with E-state index in [0.29, 0.717) is 17.9 Å². The van der Waals surface area contributed by atoms with Crippen LogP contribution in [0.15, 0.2) is 17.7 Å². The second kappa shape index (κ2) is 5.35. The first kappa shape index (κ1) is 15.0. The zero-order chi connectivity index (χ0) is 15.9. The number of carbonyl (C=O) groups excluding carboxylic acids is 1. The molecule has 0 amide bonds. The summed E-state index contributed by atoms with van der Waals surface area (Å²) in [6.07, 6.45) is 6.12. The Kier molecular flexibility index (Phi) is 3.64. The van der Waals surface area contributed by atoms with Crippen LogP contribution >= 0.6 is 0 Å². The molecule has 3 rings (SSSR count). The Hall–Kier alpha value is -1.95. The Bertz CT molecular complexity index is 724. The van der Waals surface area contributed by atoms with Crippen molar-refractivity contribution in [1.29, 1.82) is 5.39 Å². The molecule has 0 heterocycles. The molecule has 0 bridgehead atoms. The van der Waals surface area contributed by atoms with E-state index in [2.05, 4.69) is 11.9 Å². The molecule has 0 saturated heterocycles. The number of rotatable bonds is 3. The van der Waals surface area contributed by atoms with Gasteiger partial charge >= 0.3 is 5.69 Å². The standard InChI is InChI=1S/C19H23N2O/c1-4-5-9-19-10-8-17(22)13(3)18(19)14-6-7-16(21-20)12(2)15(14)11-19/h6-7H,4-5,8-11H2,1-3H3/q+1. The smallest absolute Gasteiger partial charge is 0.295 e. The number of hydrogen-bond acceptors (Lipinski definition) is 2. The average Bonchev–Trinajstić information content (AvgIpc) is 2.86. The molecule has 0 aliphatic heterocycles. The van der Waals surface area contributed by atoms with Gasteiger partial charge in [-0.1, -0.05) is 19.8 Å². The van der Waals surface area contributed by atoms with Crippen molar-refractivity contribution in [3.63, 3.8) is 0 Å². The Labute approximate surface area is 132 Å². The second-order valence-electron chi connectivity index (χ2n) is 6.82. The number of nitrogens with zero attached hydrogens (tertiary/aromatic N) is 2. The van der Waals surface area contributed by atoms with Gasteiger partial charge in [0.25, 0.3) is 0 Å². The van der Waals surface area contributed by atoms with Crippen molar-refractivity contribution in [1.82, 2.24) is 0 Å². The number of fused-ring (bicyclic) bond motifs is 3. The fourth-order valence-electron chi connectivity index (χ4n) is 4.37. The first-order valence-corrected chi connectivity index (χ1v) is 8.26. The lowest BCUT2D eigenvalue weighted by molar-refractivity contribution is -0.116. The van der Waals surface area contributed by atoms with Crippen LogP contribution in [0.5, 0.6) is 0 Å². The van der Waals surface area contributed by atoms with Gasteiger partial charge in [-0.3, -0.25) is 4.79 Å². The van der Waals surface area contributed by atoms with Crippen LogP contribution in [-0.4, -0.2) is 5.78 Å². The third kappa shape index (κ3) is 2.01. The highest BCUT2D eigenvalue weighted by atomic mass is 16.1. The molecule has 1 aromatic carbocycles. The minimum absolute atomic E-state index is 0.120. The molecular formula is C19H23N2O+. The van der Waals surface area contributed by atoms with Crippen LogP contribution in [0, 0.1) is 17.7 Å². The highest BCUT2D eigenvalue weighted by molar-refractivity contribution is 6.06. The Morgan fingerprint density at radius 3 is 2.77 bits per heavy atom. The van der Waals surface area contributed by atoms with Gasteiger partial charge in [-0.2, -0.15) is 0 Å². The van der Waals surface area contributed by atoms with E-state index < -0.39 is 0 Å². The number of Topliss-reactive ketones (excluding diaryl/α,β-unsaturated/α-hetero) is 1. The van der Waals surface area contributed by atoms with E-state index in [1.807, 2.05) is 26.0 Å². The maximum atomic E-state index is 12.3. The van der Waals surface area contributed by atoms with Crippen LogP contribution in [0.2, 0.25) is 0 Å². The second-order valence-corrected chi connectivity index (χ2v) is 6.82. The van der Waals surface area contributed by atoms with Gasteiger partial charge in [-0.15, -0.1) is 0 Å². The summed E-state index contributed by atoms with van der Waals surface area (Å²) in [5.41, 5.74) is 6.54. The van der Waals surface area contributed by atoms with E-state index in [9.17, 15) is 4.79 Å². The topological polar surface area (TPSA) is 45.2 Å². The molecule has 1 unspecified atom stereocenters. The van der Waals surface area contributed by atoms with E-state index in [4.69, 9.17) is 5.39 Å². The predicted octanol–water partition coefficient (Wildman–Crippen LogP) is 5.35. The van der Waals surface area contributed by atoms with Crippen LogP contribution < -0.4 is 0 Å². The maximum absolute atomic E-state index is 12.3. The van der Waals surface area contributed by atoms with Gasteiger partial charge in [-0.05, 0) is 61.4 Å². The summed E-state index contributed by atoms with van der Waals surface area (Å²) < 4.78 is 0. The molecule has 1 atom stereocenters. The molecule has 0 fully saturated rings. The molecule has 0 saturated carbocycles. The summed E-state index contributed by atoms with van der Waals surface area (Å²) in [4.78, 5) is 15.7. The first-order valence-electron chi connectivity index (χ1n) is 8.26. The van der Waals surface area contributed by atoms with E-state index in [1.54, 1.807) is 0 Å². The maximum Gasteiger partial charge on any atom is 0.388 e. The summed E-state index contributed by atoms with van der Waals surface area (Å²) in [6.45, 7) is 6.24. The number of benzene rings is 1. The van der Waals surface area contributed by atoms with Crippen molar-refractivity contribution in [3.05, 3.63) is 39.4 Å². The van der Waals surface area contributed by atoms with Crippen LogP contribution in [0.4, 0.5) is 5.69 Å². The van der Waals surface area contributed by atoms with Crippen molar-refractivity contribution < 1.29 is 4.79 Å². The Morgan fingerprint density at radius 1 is 1.32 bits per heavy atom. The van der Waals surface area contributed by atoms with Crippen LogP contribution in [0.1, 0.15) is 62.6 Å². The lowest BCUT2D eigenvalue weighted by Crippen LogP contribution is -2.28. The largest absolute Gasteiger partial charge is 0.388 e. The molecule has 22 heavy (non-hydrogen) atoms. The number of allylic oxidation sites excluding steroid dienone is 2. The van der Waals surface area contributed by atoms with Crippen LogP contribution in [0.25, 0.3) is 10.5 Å². The normalized spacial score (nSPS) is 23.3. The van der Waals surface area contributed by atoms with E-state index in [0.717, 1.165) is 30.4 Å². The molecule has 0 radical (unpaired) electrons. The molecule has 3 heteroatoms. The monoisotopic (exact) mass is 295 g/mol. The van der Waals surface area contributed by atoms with Gasteiger partial charge in [-0.25, -0.2) is 0 Å². The summed E-state index contributed by atoms with van der Waals surface area (Å²) in [5.74, 6) is 0.295. The third-order valence-electron chi connectivity index (χ3n) is 5.63. The van der Waals surface area contributed by atoms with Crippen molar-refractivity contribution in [2.45, 2.75) is 59.3 Å². The van der Waals surface area contributed by atoms with Gasteiger partial charge in [0.2, 0.25) is 5.39 Å². The molecule has 0 spiro atoms. The predicted molar refractivity (Wildman–Crippen MR) is 88.4 cm³/mol. The van der Waals surface area contributed by atoms with Gasteiger partial charge in [0.05, 0.1) is 0 Å². The number of diazo groups is 1. The molecule has 1 aromatic rings. The van der Waals surface area contributed by atoms with Gasteiger partial charge in [0.15, 0.2) is 10.8 Å². The highest BCUT2D eigenvalue weighted by Crippen LogP contribution is 2.57. The number of hydrogen-bond donors (Lipinski definition) is 0. The van der Waals surface area contributed by atoms with Crippen LogP contribution in [0.3, 0.4) is 0 Å². The number of unbranched alkanes of at least 4 members (excludes halogenated alkanes) is 1. The number of ketones is 1. The molecule has 3 nitrogen and oxygen atoms in total. The van der Waals surface area contributed by atoms with Gasteiger partial charge in [0.1, 0.15) is 0 Å². The first-order chi connectivity index (χ1) is 10.5. The van der Waals surface area contributed by atoms with Gasteiger partial charge < -0.3 is 0 Å². The summed E-state index contributed by atoms with van der Waals surface area (Å²) in [7, 11) is 0. The zero-order valence-electron chi connectivity index (χ0n) is 13.7. The Morgan fingerprint density at radius 2 is 2.09 bits per heavy atom. The fraction of sp³-hybridized carbons (Fsp3) is 0.526. The fourth-order valence-corrected chi connectivity index (χ4v) is 4.37. The minimum Gasteiger partial charge on any atom is -0.295 e. The minimum atomic E-state index is 0.120. The third-order valence-corrected chi connectivity index (χ3v) is 5.63. The van der Waals surface area contributed by atoms with Crippen molar-refractivity contribution >= 4 is 17.0 Å². The Balaban J connectivity index is 2.21. The van der Waals surface area contributed by atoms with Crippen molar-refractivity contribution in [2.24, 2.45) is 5.41 Å². The lowest BCUT2D eigenvalue weighted by Gasteiger charge is -2.36. The SMILES string of the molecule is CCCCC12CCC(=O)C(C)=C1c1ccc([N+]#N)c(C)c1C2. The van der Waals surface area contributed by atoms with E-state index in [-0.39, 0.29) is 5.41 Å². The molecule has 2 aliphatic carbocycles. The zero-order valence-corrected chi connectivity index (χ0v) is 13.7. The molecule has 2 aliphatic rings. The molecular weight excluding hydrogens is 272 g/mol. The van der Waals surface area contributed by atoms with Crippen molar-refractivity contribution in [2.75, 3.05) is 0 Å². The van der Waals surface area contributed by atoms with Crippen molar-refractivity contribution in [3.8, 4) is 0 Å². The average molecular weight is 295 g/mol. The van der Waals surface area contributed by atoms with Gasteiger partial charge in [0, 0.05) is 23.5 Å². The summed E-state index contributed by atoms with van der Waals surface area (Å²) in [5, 5.41) is 9.17. The van der Waals surface area contributed by atoms with Crippen LogP contribution in [-0.2, 0) is 11.2 Å². The quantitative estimate of drug-likeness (QED) is 0.706. The summed E-state index contributed by atoms with van der Waals surface area (Å²) in [6, 6.07) is 3.91. The number of carbonyl (C=O) groups is 1. The molecule has 114 valence electrons. The molecule has 0 N–H and O–H groups in total. The van der Waals surface area contributed by atoms with E-state index in [1.165, 1.54) is 29.5 Å². The molecule has 0 aromatic heterocycles. The van der Waals surface area contributed by atoms with E-state index >= 15 is 0 Å². The summed E-state index contributed by atoms with van der Waals surface area (Å²) >= 11 is 0. The highest BCUT2D eigenvalue weighted by Gasteiger charge is 2.46. The lowest BCUT2D eigenvalue weighted by atomic mass is 9.67.